The fourth-order valence-electron chi connectivity index (χ4n) is 2.12. The molecule has 0 aliphatic carbocycles. The fraction of sp³-hybridized carbons (Fsp3) is 0.167. The van der Waals surface area contributed by atoms with Gasteiger partial charge in [-0.3, -0.25) is 14.9 Å². The molecule has 25 heavy (non-hydrogen) atoms. The summed E-state index contributed by atoms with van der Waals surface area (Å²) in [6.45, 7) is 2.38. The lowest BCUT2D eigenvalue weighted by Crippen LogP contribution is -2.08. The monoisotopic (exact) mass is 342 g/mol. The Kier molecular flexibility index (Phi) is 6.11. The Bertz CT molecular complexity index is 802. The average Bonchev–Trinajstić information content (AvgIpc) is 2.61. The molecular weight excluding hydrogens is 324 g/mol. The molecule has 0 fully saturated rings. The molecule has 0 saturated heterocycles. The Hall–Kier alpha value is -3.35. The van der Waals surface area contributed by atoms with E-state index in [-0.39, 0.29) is 11.6 Å². The van der Waals surface area contributed by atoms with Crippen LogP contribution < -0.4 is 14.8 Å². The van der Waals surface area contributed by atoms with E-state index in [1.54, 1.807) is 30.3 Å². The molecule has 2 aromatic rings. The van der Waals surface area contributed by atoms with Crippen LogP contribution in [0.2, 0.25) is 0 Å². The van der Waals surface area contributed by atoms with Crippen molar-refractivity contribution >= 4 is 23.4 Å². The third kappa shape index (κ3) is 5.07. The molecule has 7 nitrogen and oxygen atoms in total. The lowest BCUT2D eigenvalue weighted by atomic mass is 10.2. The topological polar surface area (TPSA) is 90.7 Å². The number of non-ortho nitro benzene ring substituents is 1. The van der Waals surface area contributed by atoms with E-state index >= 15 is 0 Å². The van der Waals surface area contributed by atoms with Gasteiger partial charge in [-0.2, -0.15) is 0 Å². The molecule has 0 unspecified atom stereocenters. The van der Waals surface area contributed by atoms with Gasteiger partial charge >= 0.3 is 0 Å². The van der Waals surface area contributed by atoms with Crippen molar-refractivity contribution in [2.75, 3.05) is 19.0 Å². The van der Waals surface area contributed by atoms with Gasteiger partial charge in [-0.05, 0) is 30.7 Å². The van der Waals surface area contributed by atoms with Crippen molar-refractivity contribution in [1.82, 2.24) is 0 Å². The van der Waals surface area contributed by atoms with E-state index in [4.69, 9.17) is 9.47 Å². The van der Waals surface area contributed by atoms with Gasteiger partial charge in [-0.1, -0.05) is 12.1 Å². The third-order valence-corrected chi connectivity index (χ3v) is 3.24. The smallest absolute Gasteiger partial charge is 0.270 e. The summed E-state index contributed by atoms with van der Waals surface area (Å²) in [5.41, 5.74) is 1.08. The van der Waals surface area contributed by atoms with Crippen LogP contribution in [-0.4, -0.2) is 24.5 Å². The minimum Gasteiger partial charge on any atom is -0.493 e. The number of anilines is 1. The van der Waals surface area contributed by atoms with Gasteiger partial charge in [0.05, 0.1) is 18.6 Å². The number of nitro groups is 1. The SMILES string of the molecule is CCOc1ccc(NC(=O)/C=C/c2cccc([N+](=O)[O-])c2)cc1OC. The largest absolute Gasteiger partial charge is 0.493 e. The maximum Gasteiger partial charge on any atom is 0.270 e. The second kappa shape index (κ2) is 8.49. The van der Waals surface area contributed by atoms with Gasteiger partial charge < -0.3 is 14.8 Å². The Labute approximate surface area is 145 Å². The van der Waals surface area contributed by atoms with E-state index in [9.17, 15) is 14.9 Å². The minimum atomic E-state index is -0.483. The van der Waals surface area contributed by atoms with Gasteiger partial charge in [-0.15, -0.1) is 0 Å². The third-order valence-electron chi connectivity index (χ3n) is 3.24. The molecule has 0 radical (unpaired) electrons. The highest BCUT2D eigenvalue weighted by Gasteiger charge is 2.07. The van der Waals surface area contributed by atoms with Gasteiger partial charge in [0.15, 0.2) is 11.5 Å². The summed E-state index contributed by atoms with van der Waals surface area (Å²) in [6.07, 6.45) is 2.82. The summed E-state index contributed by atoms with van der Waals surface area (Å²) in [7, 11) is 1.52. The first-order valence-electron chi connectivity index (χ1n) is 7.58. The van der Waals surface area contributed by atoms with E-state index in [1.807, 2.05) is 6.92 Å². The highest BCUT2D eigenvalue weighted by atomic mass is 16.6. The van der Waals surface area contributed by atoms with Gasteiger partial charge in [0.2, 0.25) is 5.91 Å². The van der Waals surface area contributed by atoms with Crippen LogP contribution in [0.3, 0.4) is 0 Å². The first-order valence-corrected chi connectivity index (χ1v) is 7.58. The highest BCUT2D eigenvalue weighted by molar-refractivity contribution is 6.02. The summed E-state index contributed by atoms with van der Waals surface area (Å²) in [5, 5.41) is 13.4. The number of amides is 1. The van der Waals surface area contributed by atoms with Crippen LogP contribution in [0, 0.1) is 10.1 Å². The van der Waals surface area contributed by atoms with Crippen molar-refractivity contribution in [2.45, 2.75) is 6.92 Å². The molecule has 0 atom stereocenters. The number of benzene rings is 2. The predicted octanol–water partition coefficient (Wildman–Crippen LogP) is 3.65. The summed E-state index contributed by atoms with van der Waals surface area (Å²) < 4.78 is 10.6. The number of rotatable bonds is 7. The highest BCUT2D eigenvalue weighted by Crippen LogP contribution is 2.30. The first kappa shape index (κ1) is 18.0. The van der Waals surface area contributed by atoms with Crippen LogP contribution in [0.1, 0.15) is 12.5 Å². The molecule has 0 aromatic heterocycles. The molecule has 0 bridgehead atoms. The molecule has 0 saturated carbocycles. The van der Waals surface area contributed by atoms with Crippen LogP contribution in [0.4, 0.5) is 11.4 Å². The molecule has 2 rings (SSSR count). The minimum absolute atomic E-state index is 0.0289. The second-order valence-corrected chi connectivity index (χ2v) is 4.97. The van der Waals surface area contributed by atoms with Gasteiger partial charge in [0, 0.05) is 30.0 Å². The lowest BCUT2D eigenvalue weighted by molar-refractivity contribution is -0.384. The van der Waals surface area contributed by atoms with Crippen LogP contribution >= 0.6 is 0 Å². The summed E-state index contributed by atoms with van der Waals surface area (Å²) in [4.78, 5) is 22.3. The Morgan fingerprint density at radius 3 is 2.72 bits per heavy atom. The zero-order valence-corrected chi connectivity index (χ0v) is 13.9. The van der Waals surface area contributed by atoms with Gasteiger partial charge in [-0.25, -0.2) is 0 Å². The number of hydrogen-bond acceptors (Lipinski definition) is 5. The summed E-state index contributed by atoms with van der Waals surface area (Å²) in [6, 6.07) is 11.1. The maximum atomic E-state index is 12.0. The predicted molar refractivity (Wildman–Crippen MR) is 94.9 cm³/mol. The number of nitro benzene ring substituents is 1. The lowest BCUT2D eigenvalue weighted by Gasteiger charge is -2.11. The number of nitrogens with one attached hydrogen (secondary N) is 1. The molecule has 130 valence electrons. The van der Waals surface area contributed by atoms with Crippen LogP contribution in [0.25, 0.3) is 6.08 Å². The number of nitrogens with zero attached hydrogens (tertiary/aromatic N) is 1. The quantitative estimate of drug-likeness (QED) is 0.471. The van der Waals surface area contributed by atoms with Crippen molar-refractivity contribution in [2.24, 2.45) is 0 Å². The van der Waals surface area contributed by atoms with Crippen molar-refractivity contribution < 1.29 is 19.2 Å². The van der Waals surface area contributed by atoms with E-state index < -0.39 is 4.92 Å². The van der Waals surface area contributed by atoms with Crippen molar-refractivity contribution in [3.05, 3.63) is 64.2 Å². The second-order valence-electron chi connectivity index (χ2n) is 4.97. The molecule has 2 aromatic carbocycles. The number of carbonyl (C=O) groups is 1. The van der Waals surface area contributed by atoms with Gasteiger partial charge in [0.1, 0.15) is 0 Å². The van der Waals surface area contributed by atoms with E-state index in [0.29, 0.717) is 29.4 Å². The van der Waals surface area contributed by atoms with Crippen LogP contribution in [-0.2, 0) is 4.79 Å². The molecule has 0 heterocycles. The normalized spacial score (nSPS) is 10.5. The first-order chi connectivity index (χ1) is 12.0. The molecule has 7 heteroatoms. The molecule has 1 N–H and O–H groups in total. The van der Waals surface area contributed by atoms with Crippen LogP contribution in [0.5, 0.6) is 11.5 Å². The molecular formula is C18H18N2O5. The average molecular weight is 342 g/mol. The fourth-order valence-corrected chi connectivity index (χ4v) is 2.12. The maximum absolute atomic E-state index is 12.0. The Balaban J connectivity index is 2.07. The molecule has 1 amide bonds. The van der Waals surface area contributed by atoms with E-state index in [0.717, 1.165) is 0 Å². The Morgan fingerprint density at radius 1 is 1.24 bits per heavy atom. The summed E-state index contributed by atoms with van der Waals surface area (Å²) in [5.74, 6) is 0.746. The van der Waals surface area contributed by atoms with Crippen molar-refractivity contribution in [1.29, 1.82) is 0 Å². The van der Waals surface area contributed by atoms with Gasteiger partial charge in [0.25, 0.3) is 5.69 Å². The molecule has 0 spiro atoms. The van der Waals surface area contributed by atoms with E-state index in [2.05, 4.69) is 5.32 Å². The molecule has 0 aliphatic rings. The number of carbonyl (C=O) groups excluding carboxylic acids is 1. The number of hydrogen-bond donors (Lipinski definition) is 1. The molecule has 0 aliphatic heterocycles. The summed E-state index contributed by atoms with van der Waals surface area (Å²) >= 11 is 0. The van der Waals surface area contributed by atoms with Crippen molar-refractivity contribution in [3.8, 4) is 11.5 Å². The Morgan fingerprint density at radius 2 is 2.04 bits per heavy atom. The zero-order valence-electron chi connectivity index (χ0n) is 13.9. The standard InChI is InChI=1S/C18H18N2O5/c1-3-25-16-9-8-14(12-17(16)24-2)19-18(21)10-7-13-5-4-6-15(11-13)20(22)23/h4-12H,3H2,1-2H3,(H,19,21)/b10-7+. The van der Waals surface area contributed by atoms with Crippen molar-refractivity contribution in [3.63, 3.8) is 0 Å². The zero-order chi connectivity index (χ0) is 18.2. The van der Waals surface area contributed by atoms with E-state index in [1.165, 1.54) is 31.4 Å². The number of ether oxygens (including phenoxy) is 2. The number of methoxy groups -OCH3 is 1. The van der Waals surface area contributed by atoms with Crippen LogP contribution in [0.15, 0.2) is 48.5 Å².